The quantitative estimate of drug-likeness (QED) is 0.532. The lowest BCUT2D eigenvalue weighted by molar-refractivity contribution is 1.14. The number of hydrogen-bond donors (Lipinski definition) is 0. The summed E-state index contributed by atoms with van der Waals surface area (Å²) in [4.78, 5) is 4.36. The van der Waals surface area contributed by atoms with E-state index < -0.39 is 0 Å². The Morgan fingerprint density at radius 1 is 1.30 bits per heavy atom. The molecule has 0 saturated heterocycles. The topological polar surface area (TPSA) is 12.4 Å². The number of hydrogen-bond acceptors (Lipinski definition) is 1. The molecule has 10 heavy (non-hydrogen) atoms. The van der Waals surface area contributed by atoms with Crippen LogP contribution in [0.25, 0.3) is 0 Å². The average molecular weight is 139 g/mol. The van der Waals surface area contributed by atoms with Crippen molar-refractivity contribution in [1.82, 2.24) is 0 Å². The molecule has 0 aromatic rings. The summed E-state index contributed by atoms with van der Waals surface area (Å²) in [5, 5.41) is 0. The van der Waals surface area contributed by atoms with Crippen LogP contribution in [0.5, 0.6) is 0 Å². The van der Waals surface area contributed by atoms with Gasteiger partial charge in [0.25, 0.3) is 0 Å². The summed E-state index contributed by atoms with van der Waals surface area (Å²) in [6.45, 7) is 8.36. The molecule has 0 fully saturated rings. The van der Waals surface area contributed by atoms with Gasteiger partial charge in [-0.3, -0.25) is 4.99 Å². The summed E-state index contributed by atoms with van der Waals surface area (Å²) in [6, 6.07) is 0. The Kier molecular flexibility index (Phi) is 4.91. The van der Waals surface area contributed by atoms with Gasteiger partial charge in [-0.05, 0) is 26.7 Å². The molecule has 0 aliphatic carbocycles. The van der Waals surface area contributed by atoms with Crippen molar-refractivity contribution < 1.29 is 0 Å². The Labute approximate surface area is 63.9 Å². The van der Waals surface area contributed by atoms with Gasteiger partial charge in [-0.25, -0.2) is 0 Å². The minimum absolute atomic E-state index is 1.05. The second kappa shape index (κ2) is 5.21. The maximum Gasteiger partial charge on any atom is 0.0332 e. The van der Waals surface area contributed by atoms with Crippen LogP contribution in [0.15, 0.2) is 16.8 Å². The van der Waals surface area contributed by atoms with E-state index >= 15 is 0 Å². The highest BCUT2D eigenvalue weighted by Gasteiger charge is 1.85. The van der Waals surface area contributed by atoms with Gasteiger partial charge in [-0.15, -0.1) is 0 Å². The fraction of sp³-hybridized carbons (Fsp3) is 0.667. The summed E-state index contributed by atoms with van der Waals surface area (Å²) in [5.74, 6) is 0. The van der Waals surface area contributed by atoms with Gasteiger partial charge in [0.05, 0.1) is 0 Å². The molecule has 0 saturated carbocycles. The number of rotatable bonds is 3. The Balaban J connectivity index is 3.98. The SMILES string of the molecule is CCC=C(C)N=C(C)CC. The van der Waals surface area contributed by atoms with Crippen LogP contribution in [0, 0.1) is 0 Å². The van der Waals surface area contributed by atoms with Crippen molar-refractivity contribution in [2.75, 3.05) is 0 Å². The van der Waals surface area contributed by atoms with Crippen LogP contribution in [0.3, 0.4) is 0 Å². The molecular formula is C9H17N. The second-order valence-corrected chi connectivity index (χ2v) is 2.45. The first-order chi connectivity index (χ1) is 4.70. The first kappa shape index (κ1) is 9.41. The summed E-state index contributed by atoms with van der Waals surface area (Å²) >= 11 is 0. The Hall–Kier alpha value is -0.590. The van der Waals surface area contributed by atoms with E-state index in [2.05, 4.69) is 31.8 Å². The highest BCUT2D eigenvalue weighted by atomic mass is 14.7. The van der Waals surface area contributed by atoms with Crippen molar-refractivity contribution in [3.8, 4) is 0 Å². The molecule has 0 N–H and O–H groups in total. The largest absolute Gasteiger partial charge is 0.263 e. The first-order valence-corrected chi connectivity index (χ1v) is 3.91. The zero-order valence-electron chi connectivity index (χ0n) is 7.44. The third-order valence-electron chi connectivity index (χ3n) is 1.38. The normalized spacial score (nSPS) is 14.0. The lowest BCUT2D eigenvalue weighted by Gasteiger charge is -1.94. The van der Waals surface area contributed by atoms with Gasteiger partial charge in [0.1, 0.15) is 0 Å². The standard InChI is InChI=1S/C9H17N/c1-5-7-9(4)10-8(3)6-2/h7H,5-6H2,1-4H3. The highest BCUT2D eigenvalue weighted by Crippen LogP contribution is 1.98. The molecule has 0 unspecified atom stereocenters. The van der Waals surface area contributed by atoms with Crippen molar-refractivity contribution >= 4 is 5.71 Å². The molecule has 0 amide bonds. The van der Waals surface area contributed by atoms with E-state index in [0.717, 1.165) is 18.5 Å². The summed E-state index contributed by atoms with van der Waals surface area (Å²) in [5.41, 5.74) is 2.35. The zero-order chi connectivity index (χ0) is 7.98. The molecule has 0 radical (unpaired) electrons. The molecule has 0 aromatic carbocycles. The summed E-state index contributed by atoms with van der Waals surface area (Å²) in [7, 11) is 0. The minimum Gasteiger partial charge on any atom is -0.263 e. The summed E-state index contributed by atoms with van der Waals surface area (Å²) < 4.78 is 0. The maximum atomic E-state index is 4.36. The van der Waals surface area contributed by atoms with Crippen molar-refractivity contribution in [2.24, 2.45) is 4.99 Å². The average Bonchev–Trinajstić information content (AvgIpc) is 1.88. The molecule has 0 aliphatic rings. The smallest absolute Gasteiger partial charge is 0.0332 e. The number of nitrogens with zero attached hydrogens (tertiary/aromatic N) is 1. The van der Waals surface area contributed by atoms with E-state index in [1.807, 2.05) is 6.92 Å². The van der Waals surface area contributed by atoms with Crippen LogP contribution >= 0.6 is 0 Å². The molecule has 0 atom stereocenters. The van der Waals surface area contributed by atoms with E-state index in [9.17, 15) is 0 Å². The first-order valence-electron chi connectivity index (χ1n) is 3.91. The van der Waals surface area contributed by atoms with Crippen LogP contribution in [0.2, 0.25) is 0 Å². The molecule has 0 bridgehead atoms. The predicted octanol–water partition coefficient (Wildman–Crippen LogP) is 3.17. The Morgan fingerprint density at radius 3 is 2.30 bits per heavy atom. The Bertz CT molecular complexity index is 143. The van der Waals surface area contributed by atoms with Crippen molar-refractivity contribution in [3.05, 3.63) is 11.8 Å². The molecule has 1 nitrogen and oxygen atoms in total. The lowest BCUT2D eigenvalue weighted by atomic mass is 10.3. The second-order valence-electron chi connectivity index (χ2n) is 2.45. The molecule has 0 aliphatic heterocycles. The molecule has 0 aromatic heterocycles. The maximum absolute atomic E-state index is 4.36. The van der Waals surface area contributed by atoms with E-state index in [1.165, 1.54) is 5.71 Å². The van der Waals surface area contributed by atoms with Gasteiger partial charge in [0.15, 0.2) is 0 Å². The number of aliphatic imine (C=N–C) groups is 1. The number of allylic oxidation sites excluding steroid dienone is 2. The molecular weight excluding hydrogens is 122 g/mol. The van der Waals surface area contributed by atoms with Gasteiger partial charge < -0.3 is 0 Å². The summed E-state index contributed by atoms with van der Waals surface area (Å²) in [6.07, 6.45) is 4.26. The van der Waals surface area contributed by atoms with Crippen LogP contribution in [-0.2, 0) is 0 Å². The third-order valence-corrected chi connectivity index (χ3v) is 1.38. The van der Waals surface area contributed by atoms with Crippen LogP contribution < -0.4 is 0 Å². The van der Waals surface area contributed by atoms with Crippen molar-refractivity contribution in [2.45, 2.75) is 40.5 Å². The van der Waals surface area contributed by atoms with Crippen LogP contribution in [-0.4, -0.2) is 5.71 Å². The van der Waals surface area contributed by atoms with Crippen LogP contribution in [0.1, 0.15) is 40.5 Å². The molecule has 0 rings (SSSR count). The molecule has 1 heteroatoms. The zero-order valence-corrected chi connectivity index (χ0v) is 7.44. The van der Waals surface area contributed by atoms with Gasteiger partial charge in [-0.1, -0.05) is 19.9 Å². The van der Waals surface area contributed by atoms with Crippen molar-refractivity contribution in [3.63, 3.8) is 0 Å². The van der Waals surface area contributed by atoms with E-state index in [4.69, 9.17) is 0 Å². The third kappa shape index (κ3) is 4.30. The fourth-order valence-corrected chi connectivity index (χ4v) is 0.721. The van der Waals surface area contributed by atoms with Crippen LogP contribution in [0.4, 0.5) is 0 Å². The van der Waals surface area contributed by atoms with Gasteiger partial charge >= 0.3 is 0 Å². The lowest BCUT2D eigenvalue weighted by Crippen LogP contribution is -1.86. The molecule has 0 spiro atoms. The van der Waals surface area contributed by atoms with Gasteiger partial charge in [-0.2, -0.15) is 0 Å². The van der Waals surface area contributed by atoms with E-state index in [0.29, 0.717) is 0 Å². The molecule has 0 heterocycles. The minimum atomic E-state index is 1.05. The van der Waals surface area contributed by atoms with E-state index in [1.54, 1.807) is 0 Å². The van der Waals surface area contributed by atoms with Gasteiger partial charge in [0, 0.05) is 11.4 Å². The van der Waals surface area contributed by atoms with Crippen molar-refractivity contribution in [1.29, 1.82) is 0 Å². The predicted molar refractivity (Wildman–Crippen MR) is 47.4 cm³/mol. The highest BCUT2D eigenvalue weighted by molar-refractivity contribution is 5.82. The Morgan fingerprint density at radius 2 is 1.90 bits per heavy atom. The van der Waals surface area contributed by atoms with E-state index in [-0.39, 0.29) is 0 Å². The molecule has 58 valence electrons. The fourth-order valence-electron chi connectivity index (χ4n) is 0.721. The van der Waals surface area contributed by atoms with Gasteiger partial charge in [0.2, 0.25) is 0 Å². The monoisotopic (exact) mass is 139 g/mol.